The van der Waals surface area contributed by atoms with E-state index in [-0.39, 0.29) is 36.1 Å². The second-order valence-corrected chi connectivity index (χ2v) is 17.2. The third-order valence-electron chi connectivity index (χ3n) is 13.0. The molecule has 3 heterocycles. The highest BCUT2D eigenvalue weighted by molar-refractivity contribution is 5.74. The number of amides is 2. The molecule has 3 rings (SSSR count). The highest BCUT2D eigenvalue weighted by atomic mass is 16.3. The van der Waals surface area contributed by atoms with E-state index in [2.05, 4.69) is 24.6 Å². The third kappa shape index (κ3) is 15.2. The Balaban J connectivity index is 1.22. The number of allylic oxidation sites excluding steroid dienone is 2. The molecule has 1 unspecified atom stereocenters. The van der Waals surface area contributed by atoms with Gasteiger partial charge in [-0.15, -0.1) is 0 Å². The molecule has 52 heavy (non-hydrogen) atoms. The average Bonchev–Trinajstić information content (AvgIpc) is 3.53. The number of carbonyl (C=O) groups excluding carboxylic acids is 2. The molecular formula is C45H81N3O4. The summed E-state index contributed by atoms with van der Waals surface area (Å²) in [5, 5.41) is 20.4. The number of aliphatic hydroxyl groups is 2. The van der Waals surface area contributed by atoms with Crippen LogP contribution in [0.1, 0.15) is 195 Å². The molecule has 300 valence electrons. The summed E-state index contributed by atoms with van der Waals surface area (Å²) in [5.74, 6) is 0.215. The van der Waals surface area contributed by atoms with E-state index in [0.717, 1.165) is 44.9 Å². The Labute approximate surface area is 320 Å². The van der Waals surface area contributed by atoms with E-state index in [9.17, 15) is 19.8 Å². The molecule has 2 amide bonds. The minimum absolute atomic E-state index is 0.0518. The van der Waals surface area contributed by atoms with Crippen LogP contribution in [0.15, 0.2) is 23.8 Å². The number of likely N-dealkylation sites (N-methyl/N-ethyl adjacent to an activating group) is 1. The molecule has 3 saturated heterocycles. The van der Waals surface area contributed by atoms with Crippen molar-refractivity contribution < 1.29 is 19.8 Å². The lowest BCUT2D eigenvalue weighted by Gasteiger charge is -2.43. The maximum absolute atomic E-state index is 12.2. The van der Waals surface area contributed by atoms with Gasteiger partial charge in [0.05, 0.1) is 24.3 Å². The molecule has 3 aliphatic rings. The summed E-state index contributed by atoms with van der Waals surface area (Å²) in [4.78, 5) is 30.8. The van der Waals surface area contributed by atoms with Crippen LogP contribution in [-0.2, 0) is 9.59 Å². The Morgan fingerprint density at radius 1 is 0.615 bits per heavy atom. The molecule has 7 nitrogen and oxygen atoms in total. The molecule has 3 aliphatic heterocycles. The zero-order chi connectivity index (χ0) is 37.9. The molecule has 7 atom stereocenters. The number of nitrogens with zero attached hydrogens (tertiary/aromatic N) is 3. The second-order valence-electron chi connectivity index (χ2n) is 17.2. The Bertz CT molecular complexity index is 1080. The molecule has 0 aromatic carbocycles. The predicted octanol–water partition coefficient (Wildman–Crippen LogP) is 9.89. The number of rotatable bonds is 24. The summed E-state index contributed by atoms with van der Waals surface area (Å²) in [5.41, 5.74) is 2.95. The van der Waals surface area contributed by atoms with Gasteiger partial charge in [0.1, 0.15) is 0 Å². The summed E-state index contributed by atoms with van der Waals surface area (Å²) in [6, 6.07) is 1.11. The van der Waals surface area contributed by atoms with E-state index in [1.54, 1.807) is 19.4 Å². The molecule has 0 aromatic rings. The molecular weight excluding hydrogens is 647 g/mol. The summed E-state index contributed by atoms with van der Waals surface area (Å²) in [6.07, 6.45) is 32.8. The van der Waals surface area contributed by atoms with Crippen LogP contribution in [0.25, 0.3) is 0 Å². The lowest BCUT2D eigenvalue weighted by molar-refractivity contribution is -0.141. The maximum atomic E-state index is 12.2. The Morgan fingerprint density at radius 3 is 1.42 bits per heavy atom. The quantitative estimate of drug-likeness (QED) is 0.0764. The Morgan fingerprint density at radius 2 is 1.02 bits per heavy atom. The van der Waals surface area contributed by atoms with E-state index in [1.165, 1.54) is 134 Å². The van der Waals surface area contributed by atoms with Crippen LogP contribution in [0.4, 0.5) is 0 Å². The van der Waals surface area contributed by atoms with Gasteiger partial charge in [0.15, 0.2) is 0 Å². The largest absolute Gasteiger partial charge is 0.391 e. The number of aliphatic hydroxyl groups excluding tert-OH is 2. The molecule has 7 heteroatoms. The van der Waals surface area contributed by atoms with Gasteiger partial charge in [0, 0.05) is 32.0 Å². The van der Waals surface area contributed by atoms with Gasteiger partial charge in [-0.2, -0.15) is 0 Å². The third-order valence-corrected chi connectivity index (χ3v) is 13.0. The number of likely N-dealkylation sites (tertiary alicyclic amines) is 3. The van der Waals surface area contributed by atoms with E-state index < -0.39 is 0 Å². The zero-order valence-corrected chi connectivity index (χ0v) is 34.5. The van der Waals surface area contributed by atoms with E-state index in [4.69, 9.17) is 0 Å². The van der Waals surface area contributed by atoms with Crippen molar-refractivity contribution in [3.63, 3.8) is 0 Å². The fourth-order valence-corrected chi connectivity index (χ4v) is 9.79. The number of unbranched alkanes of at least 4 members (excludes halogenated alkanes) is 14. The first-order valence-electron chi connectivity index (χ1n) is 22.0. The number of hydrogen-bond donors (Lipinski definition) is 2. The molecule has 0 radical (unpaired) electrons. The first-order valence-corrected chi connectivity index (χ1v) is 22.0. The van der Waals surface area contributed by atoms with Crippen molar-refractivity contribution in [2.45, 2.75) is 237 Å². The summed E-state index contributed by atoms with van der Waals surface area (Å²) >= 11 is 0. The van der Waals surface area contributed by atoms with Crippen molar-refractivity contribution >= 4 is 11.8 Å². The van der Waals surface area contributed by atoms with Crippen molar-refractivity contribution in [2.24, 2.45) is 0 Å². The van der Waals surface area contributed by atoms with Crippen LogP contribution in [0.2, 0.25) is 0 Å². The molecule has 0 saturated carbocycles. The van der Waals surface area contributed by atoms with Crippen LogP contribution in [0.5, 0.6) is 0 Å². The fourth-order valence-electron chi connectivity index (χ4n) is 9.79. The molecule has 0 spiro atoms. The van der Waals surface area contributed by atoms with Crippen molar-refractivity contribution in [2.75, 3.05) is 13.6 Å². The standard InChI is InChI=1S/C45H81N3O4/c1-35(24-19-15-11-7-9-13-17-21-26-41-29-31-44(51)36(2)47(41)38(4)49)34-40(43-28-23-33-46(43)6)25-20-16-12-8-10-14-18-22-27-42-30-32-45(52)37(3)48(42)39(5)50/h34,36-37,41-45,51-52H,1,7-33H2,2-6H3/b40-34-/t36-,37-,41+,42+,43?,44-,45-/m0/s1. The van der Waals surface area contributed by atoms with Gasteiger partial charge in [0.25, 0.3) is 0 Å². The number of carbonyl (C=O) groups is 2. The van der Waals surface area contributed by atoms with E-state index in [1.807, 2.05) is 23.6 Å². The van der Waals surface area contributed by atoms with Crippen molar-refractivity contribution in [1.29, 1.82) is 0 Å². The monoisotopic (exact) mass is 728 g/mol. The van der Waals surface area contributed by atoms with E-state index in [0.29, 0.717) is 18.1 Å². The highest BCUT2D eigenvalue weighted by Crippen LogP contribution is 2.30. The van der Waals surface area contributed by atoms with Gasteiger partial charge in [0.2, 0.25) is 11.8 Å². The minimum atomic E-state index is -0.375. The van der Waals surface area contributed by atoms with Crippen molar-refractivity contribution in [3.8, 4) is 0 Å². The molecule has 2 N–H and O–H groups in total. The smallest absolute Gasteiger partial charge is 0.220 e. The summed E-state index contributed by atoms with van der Waals surface area (Å²) in [6.45, 7) is 13.0. The maximum Gasteiger partial charge on any atom is 0.220 e. The lowest BCUT2D eigenvalue weighted by Crippen LogP contribution is -2.53. The fraction of sp³-hybridized carbons (Fsp3) is 0.867. The lowest BCUT2D eigenvalue weighted by atomic mass is 9.90. The van der Waals surface area contributed by atoms with Crippen LogP contribution in [0.3, 0.4) is 0 Å². The first-order chi connectivity index (χ1) is 25.0. The van der Waals surface area contributed by atoms with Crippen LogP contribution in [-0.4, -0.2) is 92.7 Å². The van der Waals surface area contributed by atoms with E-state index >= 15 is 0 Å². The Kier molecular flexibility index (Phi) is 21.2. The highest BCUT2D eigenvalue weighted by Gasteiger charge is 2.35. The van der Waals surface area contributed by atoms with Gasteiger partial charge in [-0.3, -0.25) is 14.5 Å². The van der Waals surface area contributed by atoms with Gasteiger partial charge < -0.3 is 20.0 Å². The summed E-state index contributed by atoms with van der Waals surface area (Å²) < 4.78 is 0. The van der Waals surface area contributed by atoms with Crippen LogP contribution in [0, 0.1) is 0 Å². The summed E-state index contributed by atoms with van der Waals surface area (Å²) in [7, 11) is 2.30. The second kappa shape index (κ2) is 24.7. The minimum Gasteiger partial charge on any atom is -0.391 e. The van der Waals surface area contributed by atoms with Gasteiger partial charge in [-0.25, -0.2) is 0 Å². The molecule has 0 aliphatic carbocycles. The molecule has 0 aromatic heterocycles. The first kappa shape index (κ1) is 44.7. The average molecular weight is 728 g/mol. The van der Waals surface area contributed by atoms with Gasteiger partial charge >= 0.3 is 0 Å². The van der Waals surface area contributed by atoms with Crippen LogP contribution < -0.4 is 0 Å². The van der Waals surface area contributed by atoms with Crippen molar-refractivity contribution in [3.05, 3.63) is 23.8 Å². The predicted molar refractivity (Wildman–Crippen MR) is 217 cm³/mol. The topological polar surface area (TPSA) is 84.3 Å². The zero-order valence-electron chi connectivity index (χ0n) is 34.5. The molecule has 0 bridgehead atoms. The number of hydrogen-bond acceptors (Lipinski definition) is 5. The SMILES string of the molecule is C=C(/C=C(/CCCCCCCCCC[C@@H]1CC[C@H](O)[C@H](C)N1C(C)=O)C1CCCN1C)CCCCCCCCCC[C@@H]1CC[C@H](O)[C@H](C)N1C(C)=O. The number of piperidine rings is 2. The molecule has 3 fully saturated rings. The Hall–Kier alpha value is -1.70. The normalized spacial score (nSPS) is 27.4. The van der Waals surface area contributed by atoms with Gasteiger partial charge in [-0.1, -0.05) is 114 Å². The van der Waals surface area contributed by atoms with Crippen molar-refractivity contribution in [1.82, 2.24) is 14.7 Å². The van der Waals surface area contributed by atoms with Gasteiger partial charge in [-0.05, 0) is 104 Å². The van der Waals surface area contributed by atoms with Crippen LogP contribution >= 0.6 is 0 Å².